The van der Waals surface area contributed by atoms with Crippen molar-refractivity contribution < 1.29 is 9.84 Å². The van der Waals surface area contributed by atoms with Crippen LogP contribution in [-0.2, 0) is 6.54 Å². The summed E-state index contributed by atoms with van der Waals surface area (Å²) in [4.78, 5) is 4.80. The number of hydrogen-bond acceptors (Lipinski definition) is 3. The molecule has 4 nitrogen and oxygen atoms in total. The van der Waals surface area contributed by atoms with Gasteiger partial charge in [0.25, 0.3) is 0 Å². The van der Waals surface area contributed by atoms with Gasteiger partial charge >= 0.3 is 0 Å². The molecule has 4 rings (SSSR count). The normalized spacial score (nSPS) is 12.2. The molecule has 148 valence electrons. The summed E-state index contributed by atoms with van der Waals surface area (Å²) < 4.78 is 7.98. The quantitative estimate of drug-likeness (QED) is 0.444. The molecule has 1 heterocycles. The number of aliphatic hydroxyl groups excluding tert-OH is 1. The molecule has 0 bridgehead atoms. The summed E-state index contributed by atoms with van der Waals surface area (Å²) in [5.41, 5.74) is 5.24. The molecule has 0 aliphatic rings. The molecule has 0 spiro atoms. The fraction of sp³-hybridized carbons (Fsp3) is 0.240. The van der Waals surface area contributed by atoms with Crippen LogP contribution in [0.3, 0.4) is 0 Å². The van der Waals surface area contributed by atoms with E-state index in [0.29, 0.717) is 12.4 Å². The van der Waals surface area contributed by atoms with E-state index in [2.05, 4.69) is 30.5 Å². The molecule has 0 saturated carbocycles. The molecule has 1 N–H and O–H groups in total. The Morgan fingerprint density at radius 1 is 0.931 bits per heavy atom. The van der Waals surface area contributed by atoms with Crippen LogP contribution in [0.1, 0.15) is 35.0 Å². The molecule has 0 aliphatic heterocycles. The van der Waals surface area contributed by atoms with E-state index in [1.807, 2.05) is 60.7 Å². The molecule has 0 aliphatic carbocycles. The second-order valence-corrected chi connectivity index (χ2v) is 7.38. The fourth-order valence-corrected chi connectivity index (χ4v) is 3.56. The van der Waals surface area contributed by atoms with Gasteiger partial charge in [-0.05, 0) is 61.2 Å². The van der Waals surface area contributed by atoms with E-state index in [9.17, 15) is 5.11 Å². The van der Waals surface area contributed by atoms with Crippen LogP contribution in [-0.4, -0.2) is 21.3 Å². The minimum atomic E-state index is -0.765. The number of para-hydroxylation sites is 1. The van der Waals surface area contributed by atoms with Crippen molar-refractivity contribution in [3.63, 3.8) is 0 Å². The number of ether oxygens (including phenoxy) is 1. The van der Waals surface area contributed by atoms with E-state index >= 15 is 0 Å². The number of rotatable bonds is 7. The van der Waals surface area contributed by atoms with Crippen molar-refractivity contribution >= 4 is 11.0 Å². The molecule has 0 radical (unpaired) electrons. The first kappa shape index (κ1) is 19.2. The maximum atomic E-state index is 11.0. The Balaban J connectivity index is 1.62. The minimum absolute atomic E-state index is 0.607. The van der Waals surface area contributed by atoms with Crippen LogP contribution in [0.5, 0.6) is 5.75 Å². The summed E-state index contributed by atoms with van der Waals surface area (Å²) in [6.07, 6.45) is 0.0566. The third-order valence-corrected chi connectivity index (χ3v) is 5.29. The number of imidazole rings is 1. The topological polar surface area (TPSA) is 47.3 Å². The lowest BCUT2D eigenvalue weighted by Crippen LogP contribution is -2.12. The predicted octanol–water partition coefficient (Wildman–Crippen LogP) is 5.20. The molecule has 0 fully saturated rings. The van der Waals surface area contributed by atoms with Crippen LogP contribution in [0.2, 0.25) is 0 Å². The van der Waals surface area contributed by atoms with Crippen LogP contribution >= 0.6 is 0 Å². The highest BCUT2D eigenvalue weighted by Gasteiger charge is 2.20. The number of aryl methyl sites for hydroxylation is 3. The maximum Gasteiger partial charge on any atom is 0.143 e. The maximum absolute atomic E-state index is 11.0. The van der Waals surface area contributed by atoms with Crippen molar-refractivity contribution in [2.24, 2.45) is 0 Å². The molecule has 3 aromatic carbocycles. The molecule has 4 aromatic rings. The highest BCUT2D eigenvalue weighted by molar-refractivity contribution is 5.78. The van der Waals surface area contributed by atoms with E-state index in [0.717, 1.165) is 35.3 Å². The Labute approximate surface area is 171 Å². The van der Waals surface area contributed by atoms with Crippen molar-refractivity contribution in [2.45, 2.75) is 32.9 Å². The average molecular weight is 386 g/mol. The Kier molecular flexibility index (Phi) is 5.63. The second-order valence-electron chi connectivity index (χ2n) is 7.38. The Hall–Kier alpha value is -3.11. The van der Waals surface area contributed by atoms with Gasteiger partial charge in [-0.1, -0.05) is 48.5 Å². The number of nitrogens with zero attached hydrogens (tertiary/aromatic N) is 2. The zero-order chi connectivity index (χ0) is 20.2. The molecule has 1 atom stereocenters. The monoisotopic (exact) mass is 386 g/mol. The smallest absolute Gasteiger partial charge is 0.143 e. The number of aromatic nitrogens is 2. The van der Waals surface area contributed by atoms with Crippen LogP contribution in [0.4, 0.5) is 0 Å². The van der Waals surface area contributed by atoms with Crippen molar-refractivity contribution in [3.8, 4) is 5.75 Å². The van der Waals surface area contributed by atoms with E-state index in [-0.39, 0.29) is 0 Å². The first-order chi connectivity index (χ1) is 14.1. The molecule has 1 unspecified atom stereocenters. The lowest BCUT2D eigenvalue weighted by Gasteiger charge is -2.15. The SMILES string of the molecule is Cc1cc2nc(C(O)c3ccccc3)n(CCCOc3ccccc3)c2cc1C. The van der Waals surface area contributed by atoms with Crippen LogP contribution in [0.25, 0.3) is 11.0 Å². The van der Waals surface area contributed by atoms with E-state index in [4.69, 9.17) is 9.72 Å². The molecular weight excluding hydrogens is 360 g/mol. The van der Waals surface area contributed by atoms with E-state index in [1.54, 1.807) is 0 Å². The largest absolute Gasteiger partial charge is 0.494 e. The van der Waals surface area contributed by atoms with Crippen LogP contribution < -0.4 is 4.74 Å². The Morgan fingerprint density at radius 2 is 1.59 bits per heavy atom. The standard InChI is InChI=1S/C25H26N2O2/c1-18-16-22-23(17-19(18)2)27(14-9-15-29-21-12-7-4-8-13-21)25(26-22)24(28)20-10-5-3-6-11-20/h3-8,10-13,16-17,24,28H,9,14-15H2,1-2H3. The molecule has 0 amide bonds. The average Bonchev–Trinajstić information content (AvgIpc) is 3.09. The van der Waals surface area contributed by atoms with Gasteiger partial charge in [-0.15, -0.1) is 0 Å². The summed E-state index contributed by atoms with van der Waals surface area (Å²) in [6, 6.07) is 23.8. The van der Waals surface area contributed by atoms with Gasteiger partial charge in [-0.2, -0.15) is 0 Å². The third-order valence-electron chi connectivity index (χ3n) is 5.29. The van der Waals surface area contributed by atoms with Crippen LogP contribution in [0, 0.1) is 13.8 Å². The summed E-state index contributed by atoms with van der Waals surface area (Å²) in [5.74, 6) is 1.55. The van der Waals surface area contributed by atoms with Gasteiger partial charge in [-0.25, -0.2) is 4.98 Å². The number of fused-ring (bicyclic) bond motifs is 1. The third kappa shape index (κ3) is 4.17. The minimum Gasteiger partial charge on any atom is -0.494 e. The Bertz CT molecular complexity index is 1090. The van der Waals surface area contributed by atoms with Crippen molar-refractivity contribution in [1.29, 1.82) is 0 Å². The molecule has 4 heteroatoms. The summed E-state index contributed by atoms with van der Waals surface area (Å²) in [6.45, 7) is 5.53. The summed E-state index contributed by atoms with van der Waals surface area (Å²) in [7, 11) is 0. The van der Waals surface area contributed by atoms with Crippen LogP contribution in [0.15, 0.2) is 72.8 Å². The van der Waals surface area contributed by atoms with Gasteiger partial charge in [-0.3, -0.25) is 0 Å². The van der Waals surface area contributed by atoms with Gasteiger partial charge in [0.05, 0.1) is 17.6 Å². The molecule has 1 aromatic heterocycles. The van der Waals surface area contributed by atoms with E-state index < -0.39 is 6.10 Å². The van der Waals surface area contributed by atoms with Gasteiger partial charge in [0.2, 0.25) is 0 Å². The first-order valence-electron chi connectivity index (χ1n) is 10.0. The molecular formula is C25H26N2O2. The zero-order valence-electron chi connectivity index (χ0n) is 16.9. The highest BCUT2D eigenvalue weighted by atomic mass is 16.5. The van der Waals surface area contributed by atoms with Crippen molar-refractivity contribution in [1.82, 2.24) is 9.55 Å². The number of benzene rings is 3. The summed E-state index contributed by atoms with van der Waals surface area (Å²) >= 11 is 0. The van der Waals surface area contributed by atoms with Gasteiger partial charge < -0.3 is 14.4 Å². The van der Waals surface area contributed by atoms with Gasteiger partial charge in [0.1, 0.15) is 17.7 Å². The number of aliphatic hydroxyl groups is 1. The highest BCUT2D eigenvalue weighted by Crippen LogP contribution is 2.28. The molecule has 0 saturated heterocycles. The Morgan fingerprint density at radius 3 is 2.31 bits per heavy atom. The molecule has 29 heavy (non-hydrogen) atoms. The van der Waals surface area contributed by atoms with Crippen molar-refractivity contribution in [3.05, 3.63) is 95.3 Å². The predicted molar refractivity (Wildman–Crippen MR) is 116 cm³/mol. The van der Waals surface area contributed by atoms with Crippen molar-refractivity contribution in [2.75, 3.05) is 6.61 Å². The lowest BCUT2D eigenvalue weighted by atomic mass is 10.1. The lowest BCUT2D eigenvalue weighted by molar-refractivity contribution is 0.203. The van der Waals surface area contributed by atoms with Gasteiger partial charge in [0.15, 0.2) is 0 Å². The first-order valence-corrected chi connectivity index (χ1v) is 10.0. The van der Waals surface area contributed by atoms with E-state index in [1.165, 1.54) is 11.1 Å². The summed E-state index contributed by atoms with van der Waals surface area (Å²) in [5, 5.41) is 11.0. The fourth-order valence-electron chi connectivity index (χ4n) is 3.56. The number of hydrogen-bond donors (Lipinski definition) is 1. The van der Waals surface area contributed by atoms with Gasteiger partial charge in [0, 0.05) is 6.54 Å². The zero-order valence-corrected chi connectivity index (χ0v) is 16.9. The second kappa shape index (κ2) is 8.50.